The van der Waals surface area contributed by atoms with Crippen LogP contribution in [0.1, 0.15) is 17.3 Å². The van der Waals surface area contributed by atoms with E-state index in [1.165, 1.54) is 13.0 Å². The van der Waals surface area contributed by atoms with Crippen LogP contribution in [0.4, 0.5) is 21.5 Å². The number of ether oxygens (including phenoxy) is 2. The van der Waals surface area contributed by atoms with Crippen molar-refractivity contribution in [1.82, 2.24) is 0 Å². The zero-order chi connectivity index (χ0) is 20.1. The number of nitrogens with one attached hydrogen (secondary N) is 1. The Morgan fingerprint density at radius 2 is 1.86 bits per heavy atom. The van der Waals surface area contributed by atoms with E-state index in [4.69, 9.17) is 15.2 Å². The molecule has 0 saturated carbocycles. The van der Waals surface area contributed by atoms with Crippen molar-refractivity contribution in [1.29, 1.82) is 0 Å². The van der Waals surface area contributed by atoms with E-state index in [1.807, 2.05) is 12.1 Å². The highest BCUT2D eigenvalue weighted by molar-refractivity contribution is 5.99. The first kappa shape index (κ1) is 19.6. The molecule has 8 heteroatoms. The summed E-state index contributed by atoms with van der Waals surface area (Å²) in [5.74, 6) is -1.82. The summed E-state index contributed by atoms with van der Waals surface area (Å²) in [6.07, 6.45) is -1.05. The molecule has 0 bridgehead atoms. The van der Waals surface area contributed by atoms with Crippen molar-refractivity contribution in [3.8, 4) is 0 Å². The fourth-order valence-corrected chi connectivity index (χ4v) is 2.82. The molecule has 3 rings (SSSR count). The largest absolute Gasteiger partial charge is 0.449 e. The highest BCUT2D eigenvalue weighted by Crippen LogP contribution is 2.20. The van der Waals surface area contributed by atoms with E-state index in [-0.39, 0.29) is 11.3 Å². The van der Waals surface area contributed by atoms with Crippen LogP contribution in [-0.4, -0.2) is 44.3 Å². The van der Waals surface area contributed by atoms with E-state index < -0.39 is 23.8 Å². The molecule has 1 heterocycles. The topological polar surface area (TPSA) is 93.9 Å². The molecule has 0 aromatic heterocycles. The molecule has 1 aliphatic rings. The predicted molar refractivity (Wildman–Crippen MR) is 104 cm³/mol. The van der Waals surface area contributed by atoms with Gasteiger partial charge in [0.15, 0.2) is 6.10 Å². The van der Waals surface area contributed by atoms with Crippen LogP contribution in [0.25, 0.3) is 0 Å². The Morgan fingerprint density at radius 3 is 2.50 bits per heavy atom. The van der Waals surface area contributed by atoms with E-state index in [1.54, 1.807) is 12.1 Å². The molecule has 7 nitrogen and oxygen atoms in total. The zero-order valence-corrected chi connectivity index (χ0v) is 15.5. The number of nitrogens with two attached hydrogens (primary N) is 1. The van der Waals surface area contributed by atoms with Crippen LogP contribution in [0.3, 0.4) is 0 Å². The van der Waals surface area contributed by atoms with Crippen molar-refractivity contribution in [2.24, 2.45) is 0 Å². The maximum Gasteiger partial charge on any atom is 0.341 e. The van der Waals surface area contributed by atoms with Gasteiger partial charge < -0.3 is 25.4 Å². The van der Waals surface area contributed by atoms with Crippen molar-refractivity contribution in [2.75, 3.05) is 42.3 Å². The lowest BCUT2D eigenvalue weighted by molar-refractivity contribution is -0.123. The molecule has 2 aromatic carbocycles. The van der Waals surface area contributed by atoms with Gasteiger partial charge in [-0.1, -0.05) is 0 Å². The summed E-state index contributed by atoms with van der Waals surface area (Å²) in [4.78, 5) is 26.6. The number of carbonyl (C=O) groups is 2. The second-order valence-electron chi connectivity index (χ2n) is 6.41. The standard InChI is InChI=1S/C20H22FN3O4/c1-13(28-20(26)17-7-2-14(21)12-18(17)22)19(25)23-15-3-5-16(6-4-15)24-8-10-27-11-9-24/h2-7,12-13H,8-11,22H2,1H3,(H,23,25)/t13-/m0/s1. The number of morpholine rings is 1. The van der Waals surface area contributed by atoms with E-state index in [0.29, 0.717) is 18.9 Å². The first-order valence-corrected chi connectivity index (χ1v) is 8.93. The van der Waals surface area contributed by atoms with Crippen molar-refractivity contribution >= 4 is 28.9 Å². The Hall–Kier alpha value is -3.13. The van der Waals surface area contributed by atoms with Crippen LogP contribution in [-0.2, 0) is 14.3 Å². The third kappa shape index (κ3) is 4.77. The Bertz CT molecular complexity index is 851. The van der Waals surface area contributed by atoms with E-state index >= 15 is 0 Å². The van der Waals surface area contributed by atoms with Gasteiger partial charge in [-0.15, -0.1) is 0 Å². The number of rotatable bonds is 5. The van der Waals surface area contributed by atoms with Gasteiger partial charge in [0.05, 0.1) is 18.8 Å². The zero-order valence-electron chi connectivity index (χ0n) is 15.5. The van der Waals surface area contributed by atoms with E-state index in [2.05, 4.69) is 10.2 Å². The van der Waals surface area contributed by atoms with Crippen LogP contribution < -0.4 is 16.0 Å². The van der Waals surface area contributed by atoms with E-state index in [9.17, 15) is 14.0 Å². The summed E-state index contributed by atoms with van der Waals surface area (Å²) >= 11 is 0. The number of nitrogens with zero attached hydrogens (tertiary/aromatic N) is 1. The fourth-order valence-electron chi connectivity index (χ4n) is 2.82. The van der Waals surface area contributed by atoms with Gasteiger partial charge in [-0.05, 0) is 49.4 Å². The molecule has 0 aliphatic carbocycles. The molecule has 0 spiro atoms. The lowest BCUT2D eigenvalue weighted by Gasteiger charge is -2.28. The SMILES string of the molecule is C[C@H](OC(=O)c1ccc(F)cc1N)C(=O)Nc1ccc(N2CCOCC2)cc1. The monoisotopic (exact) mass is 387 g/mol. The quantitative estimate of drug-likeness (QED) is 0.605. The molecule has 1 atom stereocenters. The highest BCUT2D eigenvalue weighted by atomic mass is 19.1. The van der Waals surface area contributed by atoms with Crippen LogP contribution in [0.15, 0.2) is 42.5 Å². The number of carbonyl (C=O) groups excluding carboxylic acids is 2. The normalized spacial score (nSPS) is 15.0. The average Bonchev–Trinajstić information content (AvgIpc) is 2.69. The Kier molecular flexibility index (Phi) is 6.10. The Labute approximate surface area is 162 Å². The molecule has 3 N–H and O–H groups in total. The highest BCUT2D eigenvalue weighted by Gasteiger charge is 2.21. The van der Waals surface area contributed by atoms with Crippen molar-refractivity contribution in [2.45, 2.75) is 13.0 Å². The minimum Gasteiger partial charge on any atom is -0.449 e. The molecule has 1 aliphatic heterocycles. The first-order valence-electron chi connectivity index (χ1n) is 8.93. The minimum atomic E-state index is -1.05. The predicted octanol–water partition coefficient (Wildman–Crippen LogP) is 2.43. The fraction of sp³-hybridized carbons (Fsp3) is 0.300. The van der Waals surface area contributed by atoms with Crippen LogP contribution in [0.5, 0.6) is 0 Å². The maximum absolute atomic E-state index is 13.1. The molecule has 0 radical (unpaired) electrons. The second kappa shape index (κ2) is 8.71. The third-order valence-electron chi connectivity index (χ3n) is 4.40. The molecular weight excluding hydrogens is 365 g/mol. The summed E-state index contributed by atoms with van der Waals surface area (Å²) in [6.45, 7) is 4.49. The van der Waals surface area contributed by atoms with Gasteiger partial charge in [0, 0.05) is 30.2 Å². The summed E-state index contributed by atoms with van der Waals surface area (Å²) in [7, 11) is 0. The molecule has 0 unspecified atom stereocenters. The van der Waals surface area contributed by atoms with Crippen LogP contribution in [0.2, 0.25) is 0 Å². The molecule has 1 amide bonds. The van der Waals surface area contributed by atoms with Gasteiger partial charge in [-0.25, -0.2) is 9.18 Å². The van der Waals surface area contributed by atoms with Gasteiger partial charge in [0.2, 0.25) is 0 Å². The summed E-state index contributed by atoms with van der Waals surface area (Å²) in [6, 6.07) is 10.8. The van der Waals surface area contributed by atoms with Crippen LogP contribution >= 0.6 is 0 Å². The number of nitrogen functional groups attached to an aromatic ring is 1. The van der Waals surface area contributed by atoms with Gasteiger partial charge in [0.1, 0.15) is 5.82 Å². The number of amides is 1. The smallest absolute Gasteiger partial charge is 0.341 e. The number of esters is 1. The first-order chi connectivity index (χ1) is 13.4. The molecule has 28 heavy (non-hydrogen) atoms. The van der Waals surface area contributed by atoms with Gasteiger partial charge >= 0.3 is 5.97 Å². The average molecular weight is 387 g/mol. The number of hydrogen-bond acceptors (Lipinski definition) is 6. The third-order valence-corrected chi connectivity index (χ3v) is 4.40. The van der Waals surface area contributed by atoms with Crippen molar-refractivity contribution in [3.63, 3.8) is 0 Å². The number of hydrogen-bond donors (Lipinski definition) is 2. The Morgan fingerprint density at radius 1 is 1.18 bits per heavy atom. The maximum atomic E-state index is 13.1. The van der Waals surface area contributed by atoms with E-state index in [0.717, 1.165) is 30.9 Å². The van der Waals surface area contributed by atoms with Gasteiger partial charge in [-0.3, -0.25) is 4.79 Å². The lowest BCUT2D eigenvalue weighted by Crippen LogP contribution is -2.36. The molecule has 2 aromatic rings. The summed E-state index contributed by atoms with van der Waals surface area (Å²) in [5, 5.41) is 2.70. The minimum absolute atomic E-state index is 0.0101. The number of benzene rings is 2. The number of halogens is 1. The molecule has 1 fully saturated rings. The summed E-state index contributed by atoms with van der Waals surface area (Å²) in [5.41, 5.74) is 7.22. The molecule has 148 valence electrons. The molecule has 1 saturated heterocycles. The van der Waals surface area contributed by atoms with Gasteiger partial charge in [-0.2, -0.15) is 0 Å². The lowest BCUT2D eigenvalue weighted by atomic mass is 10.2. The Balaban J connectivity index is 1.56. The van der Waals surface area contributed by atoms with Crippen molar-refractivity contribution < 1.29 is 23.5 Å². The molecular formula is C20H22FN3O4. The van der Waals surface area contributed by atoms with Crippen molar-refractivity contribution in [3.05, 3.63) is 53.8 Å². The number of anilines is 3. The van der Waals surface area contributed by atoms with Gasteiger partial charge in [0.25, 0.3) is 5.91 Å². The second-order valence-corrected chi connectivity index (χ2v) is 6.41. The van der Waals surface area contributed by atoms with Crippen LogP contribution in [0, 0.1) is 5.82 Å². The summed E-state index contributed by atoms with van der Waals surface area (Å²) < 4.78 is 23.6.